The third-order valence-electron chi connectivity index (χ3n) is 5.96. The second-order valence-electron chi connectivity index (χ2n) is 8.06. The van der Waals surface area contributed by atoms with Crippen molar-refractivity contribution in [2.24, 2.45) is 5.92 Å². The zero-order chi connectivity index (χ0) is 19.7. The second kappa shape index (κ2) is 8.01. The van der Waals surface area contributed by atoms with E-state index < -0.39 is 0 Å². The number of hydrazine groups is 1. The van der Waals surface area contributed by atoms with Crippen molar-refractivity contribution in [1.29, 1.82) is 0 Å². The summed E-state index contributed by atoms with van der Waals surface area (Å²) < 4.78 is 19.1. The molecule has 0 aliphatic carbocycles. The lowest BCUT2D eigenvalue weighted by Gasteiger charge is -2.36. The van der Waals surface area contributed by atoms with E-state index in [1.165, 1.54) is 12.5 Å². The van der Waals surface area contributed by atoms with E-state index in [0.29, 0.717) is 30.5 Å². The summed E-state index contributed by atoms with van der Waals surface area (Å²) in [4.78, 5) is 18.9. The Morgan fingerprint density at radius 1 is 1.32 bits per heavy atom. The Kier molecular flexibility index (Phi) is 5.46. The molecule has 1 aromatic heterocycles. The third-order valence-corrected chi connectivity index (χ3v) is 5.96. The Labute approximate surface area is 164 Å². The summed E-state index contributed by atoms with van der Waals surface area (Å²) in [5, 5.41) is 0. The van der Waals surface area contributed by atoms with Crippen LogP contribution in [0.1, 0.15) is 60.3 Å². The quantitative estimate of drug-likeness (QED) is 0.845. The van der Waals surface area contributed by atoms with Gasteiger partial charge in [-0.1, -0.05) is 26.0 Å². The van der Waals surface area contributed by atoms with Crippen molar-refractivity contribution in [1.82, 2.24) is 20.7 Å². The molecular weight excluding hydrogens is 359 g/mol. The highest BCUT2D eigenvalue weighted by Crippen LogP contribution is 2.33. The molecule has 2 atom stereocenters. The summed E-state index contributed by atoms with van der Waals surface area (Å²) in [5.74, 6) is 1.19. The molecule has 2 N–H and O–H groups in total. The summed E-state index contributed by atoms with van der Waals surface area (Å²) in [5.41, 5.74) is 8.08. The van der Waals surface area contributed by atoms with Gasteiger partial charge in [-0.15, -0.1) is 0 Å². The van der Waals surface area contributed by atoms with Gasteiger partial charge in [0.2, 0.25) is 0 Å². The Hall–Kier alpha value is -2.25. The molecule has 2 aromatic rings. The lowest BCUT2D eigenvalue weighted by atomic mass is 9.80. The van der Waals surface area contributed by atoms with E-state index in [1.54, 1.807) is 12.1 Å². The molecule has 0 bridgehead atoms. The molecule has 2 saturated heterocycles. The molecule has 1 aromatic carbocycles. The number of carbonyl (C=O) groups excluding carboxylic acids is 1. The Bertz CT molecular complexity index is 829. The number of rotatable bonds is 4. The van der Waals surface area contributed by atoms with Gasteiger partial charge in [0.05, 0.1) is 0 Å². The molecule has 2 aliphatic heterocycles. The molecule has 4 rings (SSSR count). The monoisotopic (exact) mass is 386 g/mol. The van der Waals surface area contributed by atoms with Crippen molar-refractivity contribution in [3.8, 4) is 0 Å². The number of amides is 1. The first-order valence-electron chi connectivity index (χ1n) is 10.0. The first-order chi connectivity index (χ1) is 13.5. The summed E-state index contributed by atoms with van der Waals surface area (Å²) in [6.45, 7) is 6.16. The molecule has 6 nitrogen and oxygen atoms in total. The number of nitrogens with zero attached hydrogens (tertiary/aromatic N) is 2. The van der Waals surface area contributed by atoms with Gasteiger partial charge in [-0.05, 0) is 36.5 Å². The summed E-state index contributed by atoms with van der Waals surface area (Å²) in [7, 11) is 0. The van der Waals surface area contributed by atoms with Crippen LogP contribution in [-0.4, -0.2) is 41.5 Å². The number of hydrogen-bond acceptors (Lipinski definition) is 5. The lowest BCUT2D eigenvalue weighted by Crippen LogP contribution is -2.46. The van der Waals surface area contributed by atoms with E-state index in [9.17, 15) is 9.18 Å². The summed E-state index contributed by atoms with van der Waals surface area (Å²) in [6.07, 6.45) is 3.17. The molecule has 150 valence electrons. The van der Waals surface area contributed by atoms with Gasteiger partial charge >= 0.3 is 0 Å². The standard InChI is InChI=1S/C21H27FN4O2/c1-13(2)20-19(23-12-28-20)21(27)26-8-6-14(7-9-26)18-17(11-24-25-18)15-4-3-5-16(22)10-15/h3-5,10,12-14,17-18,24-25H,6-9,11H2,1-2H3. The third kappa shape index (κ3) is 3.69. The fourth-order valence-corrected chi connectivity index (χ4v) is 4.46. The number of benzene rings is 1. The van der Waals surface area contributed by atoms with E-state index in [0.717, 1.165) is 24.9 Å². The van der Waals surface area contributed by atoms with Crippen molar-refractivity contribution in [2.45, 2.75) is 44.6 Å². The molecule has 1 amide bonds. The van der Waals surface area contributed by atoms with Crippen LogP contribution in [0.2, 0.25) is 0 Å². The predicted octanol–water partition coefficient (Wildman–Crippen LogP) is 3.05. The van der Waals surface area contributed by atoms with Crippen LogP contribution in [0.5, 0.6) is 0 Å². The second-order valence-corrected chi connectivity index (χ2v) is 8.06. The predicted molar refractivity (Wildman–Crippen MR) is 103 cm³/mol. The molecule has 0 spiro atoms. The van der Waals surface area contributed by atoms with E-state index in [4.69, 9.17) is 4.42 Å². The van der Waals surface area contributed by atoms with Crippen LogP contribution in [0.3, 0.4) is 0 Å². The number of likely N-dealkylation sites (tertiary alicyclic amines) is 1. The summed E-state index contributed by atoms with van der Waals surface area (Å²) >= 11 is 0. The average molecular weight is 386 g/mol. The molecule has 28 heavy (non-hydrogen) atoms. The van der Waals surface area contributed by atoms with Gasteiger partial charge in [0.15, 0.2) is 12.1 Å². The highest BCUT2D eigenvalue weighted by atomic mass is 19.1. The number of carbonyl (C=O) groups is 1. The molecular formula is C21H27FN4O2. The maximum atomic E-state index is 13.7. The van der Waals surface area contributed by atoms with Crippen LogP contribution >= 0.6 is 0 Å². The molecule has 3 heterocycles. The zero-order valence-electron chi connectivity index (χ0n) is 16.3. The fraction of sp³-hybridized carbons (Fsp3) is 0.524. The fourth-order valence-electron chi connectivity index (χ4n) is 4.46. The van der Waals surface area contributed by atoms with Crippen LogP contribution in [0, 0.1) is 11.7 Å². The van der Waals surface area contributed by atoms with Crippen molar-refractivity contribution < 1.29 is 13.6 Å². The number of aromatic nitrogens is 1. The SMILES string of the molecule is CC(C)c1ocnc1C(=O)N1CCC(C2NNCC2c2cccc(F)c2)CC1. The van der Waals surface area contributed by atoms with Gasteiger partial charge in [0.1, 0.15) is 11.6 Å². The zero-order valence-corrected chi connectivity index (χ0v) is 16.3. The highest BCUT2D eigenvalue weighted by Gasteiger charge is 2.37. The lowest BCUT2D eigenvalue weighted by molar-refractivity contribution is 0.0662. The minimum atomic E-state index is -0.197. The van der Waals surface area contributed by atoms with Crippen molar-refractivity contribution in [3.63, 3.8) is 0 Å². The normalized spacial score (nSPS) is 23.5. The van der Waals surface area contributed by atoms with Crippen molar-refractivity contribution >= 4 is 5.91 Å². The van der Waals surface area contributed by atoms with E-state index in [1.807, 2.05) is 24.8 Å². The van der Waals surface area contributed by atoms with Gasteiger partial charge in [-0.3, -0.25) is 15.6 Å². The van der Waals surface area contributed by atoms with E-state index >= 15 is 0 Å². The average Bonchev–Trinajstić information content (AvgIpc) is 3.37. The number of hydrogen-bond donors (Lipinski definition) is 2. The van der Waals surface area contributed by atoms with Gasteiger partial charge in [-0.25, -0.2) is 9.37 Å². The molecule has 0 radical (unpaired) electrons. The maximum absolute atomic E-state index is 13.7. The first-order valence-corrected chi connectivity index (χ1v) is 10.0. The number of piperidine rings is 1. The molecule has 7 heteroatoms. The molecule has 2 fully saturated rings. The minimum Gasteiger partial charge on any atom is -0.447 e. The molecule has 0 saturated carbocycles. The number of halogens is 1. The maximum Gasteiger partial charge on any atom is 0.276 e. The smallest absolute Gasteiger partial charge is 0.276 e. The molecule has 2 unspecified atom stereocenters. The van der Waals surface area contributed by atoms with Crippen LogP contribution in [0.15, 0.2) is 35.1 Å². The Morgan fingerprint density at radius 3 is 2.82 bits per heavy atom. The van der Waals surface area contributed by atoms with Gasteiger partial charge < -0.3 is 9.32 Å². The Morgan fingerprint density at radius 2 is 2.11 bits per heavy atom. The number of oxazole rings is 1. The van der Waals surface area contributed by atoms with Gasteiger partial charge in [0.25, 0.3) is 5.91 Å². The topological polar surface area (TPSA) is 70.4 Å². The summed E-state index contributed by atoms with van der Waals surface area (Å²) in [6, 6.07) is 7.10. The van der Waals surface area contributed by atoms with Crippen LogP contribution in [0.25, 0.3) is 0 Å². The highest BCUT2D eigenvalue weighted by molar-refractivity contribution is 5.93. The van der Waals surface area contributed by atoms with Crippen LogP contribution < -0.4 is 10.9 Å². The van der Waals surface area contributed by atoms with Crippen LogP contribution in [-0.2, 0) is 0 Å². The van der Waals surface area contributed by atoms with Crippen molar-refractivity contribution in [2.75, 3.05) is 19.6 Å². The van der Waals surface area contributed by atoms with Gasteiger partial charge in [-0.2, -0.15) is 0 Å². The van der Waals surface area contributed by atoms with E-state index in [-0.39, 0.29) is 29.6 Å². The largest absolute Gasteiger partial charge is 0.447 e. The van der Waals surface area contributed by atoms with Crippen LogP contribution in [0.4, 0.5) is 4.39 Å². The minimum absolute atomic E-state index is 0.0462. The first kappa shape index (κ1) is 19.1. The Balaban J connectivity index is 1.41. The van der Waals surface area contributed by atoms with Gasteiger partial charge in [0, 0.05) is 37.5 Å². The van der Waals surface area contributed by atoms with E-state index in [2.05, 4.69) is 15.8 Å². The van der Waals surface area contributed by atoms with Crippen molar-refractivity contribution in [3.05, 3.63) is 53.5 Å². The number of nitrogens with one attached hydrogen (secondary N) is 2. The molecule has 2 aliphatic rings.